The Hall–Kier alpha value is -2.05. The third-order valence-corrected chi connectivity index (χ3v) is 5.64. The monoisotopic (exact) mass is 395 g/mol. The second-order valence-electron chi connectivity index (χ2n) is 6.86. The number of carboxylic acid groups (broad SMARTS) is 1. The summed E-state index contributed by atoms with van der Waals surface area (Å²) in [7, 11) is 0. The minimum Gasteiger partial charge on any atom is -0.481 e. The third kappa shape index (κ3) is 3.19. The lowest BCUT2D eigenvalue weighted by Crippen LogP contribution is -2.40. The van der Waals surface area contributed by atoms with Crippen molar-refractivity contribution in [3.05, 3.63) is 46.2 Å². The van der Waals surface area contributed by atoms with Gasteiger partial charge < -0.3 is 10.0 Å². The van der Waals surface area contributed by atoms with Crippen LogP contribution >= 0.6 is 23.2 Å². The van der Waals surface area contributed by atoms with Gasteiger partial charge in [0.25, 0.3) is 5.91 Å². The number of carbonyl (C=O) groups excluding carboxylic acids is 1. The molecule has 26 heavy (non-hydrogen) atoms. The molecule has 3 rings (SSSR count). The van der Waals surface area contributed by atoms with Crippen LogP contribution < -0.4 is 0 Å². The molecule has 2 heterocycles. The molecule has 8 heteroatoms. The Bertz CT molecular complexity index is 865. The summed E-state index contributed by atoms with van der Waals surface area (Å²) in [4.78, 5) is 26.1. The van der Waals surface area contributed by atoms with E-state index in [0.717, 1.165) is 0 Å². The van der Waals surface area contributed by atoms with Crippen LogP contribution in [0.15, 0.2) is 30.6 Å². The molecule has 0 aliphatic carbocycles. The van der Waals surface area contributed by atoms with Gasteiger partial charge in [0, 0.05) is 24.3 Å². The van der Waals surface area contributed by atoms with E-state index >= 15 is 0 Å². The first-order valence-electron chi connectivity index (χ1n) is 8.27. The predicted octanol–water partition coefficient (Wildman–Crippen LogP) is 3.75. The maximum absolute atomic E-state index is 12.8. The van der Waals surface area contributed by atoms with Gasteiger partial charge in [0.1, 0.15) is 0 Å². The van der Waals surface area contributed by atoms with Crippen LogP contribution in [0.1, 0.15) is 30.6 Å². The highest BCUT2D eigenvalue weighted by molar-refractivity contribution is 6.35. The van der Waals surface area contributed by atoms with Crippen molar-refractivity contribution >= 4 is 35.1 Å². The summed E-state index contributed by atoms with van der Waals surface area (Å²) >= 11 is 12.1. The highest BCUT2D eigenvalue weighted by Gasteiger charge is 2.48. The van der Waals surface area contributed by atoms with Crippen molar-refractivity contribution in [1.29, 1.82) is 0 Å². The largest absolute Gasteiger partial charge is 0.481 e. The quantitative estimate of drug-likeness (QED) is 0.854. The Labute approximate surface area is 161 Å². The lowest BCUT2D eigenvalue weighted by Gasteiger charge is -2.28. The van der Waals surface area contributed by atoms with Gasteiger partial charge in [-0.05, 0) is 30.5 Å². The fourth-order valence-electron chi connectivity index (χ4n) is 3.31. The van der Waals surface area contributed by atoms with E-state index in [0.29, 0.717) is 34.3 Å². The maximum Gasteiger partial charge on any atom is 0.311 e. The first-order valence-corrected chi connectivity index (χ1v) is 9.03. The summed E-state index contributed by atoms with van der Waals surface area (Å²) in [5, 5.41) is 14.8. The van der Waals surface area contributed by atoms with Crippen molar-refractivity contribution in [3.8, 4) is 5.69 Å². The summed E-state index contributed by atoms with van der Waals surface area (Å²) in [6, 6.07) is 5.01. The molecule has 1 fully saturated rings. The molecule has 6 nitrogen and oxygen atoms in total. The Morgan fingerprint density at radius 2 is 2.04 bits per heavy atom. The molecule has 2 aromatic rings. The molecular weight excluding hydrogens is 377 g/mol. The molecule has 1 atom stereocenters. The first-order chi connectivity index (χ1) is 12.2. The van der Waals surface area contributed by atoms with Crippen LogP contribution in [0.2, 0.25) is 10.0 Å². The molecule has 1 amide bonds. The zero-order valence-corrected chi connectivity index (χ0v) is 16.0. The van der Waals surface area contributed by atoms with Gasteiger partial charge in [-0.25, -0.2) is 4.68 Å². The van der Waals surface area contributed by atoms with E-state index in [-0.39, 0.29) is 18.4 Å². The molecular formula is C18H19Cl2N3O3. The number of carbonyl (C=O) groups is 2. The fraction of sp³-hybridized carbons (Fsp3) is 0.389. The van der Waals surface area contributed by atoms with Gasteiger partial charge in [0.2, 0.25) is 0 Å². The molecule has 1 N–H and O–H groups in total. The van der Waals surface area contributed by atoms with Gasteiger partial charge in [-0.3, -0.25) is 9.59 Å². The summed E-state index contributed by atoms with van der Waals surface area (Å²) in [6.45, 7) is 4.37. The van der Waals surface area contributed by atoms with Crippen molar-refractivity contribution in [2.24, 2.45) is 11.3 Å². The normalized spacial score (nSPS) is 20.0. The van der Waals surface area contributed by atoms with Crippen molar-refractivity contribution < 1.29 is 14.7 Å². The lowest BCUT2D eigenvalue weighted by atomic mass is 9.76. The van der Waals surface area contributed by atoms with Crippen LogP contribution in [0.3, 0.4) is 0 Å². The molecule has 1 unspecified atom stereocenters. The fourth-order valence-corrected chi connectivity index (χ4v) is 3.81. The van der Waals surface area contributed by atoms with Crippen molar-refractivity contribution in [1.82, 2.24) is 14.7 Å². The Balaban J connectivity index is 1.82. The van der Waals surface area contributed by atoms with Gasteiger partial charge in [-0.2, -0.15) is 5.10 Å². The average molecular weight is 396 g/mol. The zero-order valence-electron chi connectivity index (χ0n) is 14.4. The summed E-state index contributed by atoms with van der Waals surface area (Å²) < 4.78 is 1.51. The number of nitrogens with zero attached hydrogens (tertiary/aromatic N) is 3. The van der Waals surface area contributed by atoms with Crippen LogP contribution in [0.5, 0.6) is 0 Å². The Morgan fingerprint density at radius 1 is 1.31 bits per heavy atom. The van der Waals surface area contributed by atoms with E-state index < -0.39 is 11.4 Å². The van der Waals surface area contributed by atoms with Crippen LogP contribution in [-0.2, 0) is 4.79 Å². The number of carboxylic acids is 1. The van der Waals surface area contributed by atoms with E-state index in [1.807, 2.05) is 13.8 Å². The summed E-state index contributed by atoms with van der Waals surface area (Å²) in [5.74, 6) is -1.15. The van der Waals surface area contributed by atoms with Gasteiger partial charge in [-0.15, -0.1) is 0 Å². The number of hydrogen-bond acceptors (Lipinski definition) is 3. The van der Waals surface area contributed by atoms with Crippen LogP contribution in [0.25, 0.3) is 5.69 Å². The third-order valence-electron chi connectivity index (χ3n) is 5.11. The number of rotatable bonds is 4. The minimum absolute atomic E-state index is 0.0617. The van der Waals surface area contributed by atoms with Crippen molar-refractivity contribution in [3.63, 3.8) is 0 Å². The smallest absolute Gasteiger partial charge is 0.311 e. The van der Waals surface area contributed by atoms with Crippen LogP contribution in [0, 0.1) is 11.3 Å². The van der Waals surface area contributed by atoms with E-state index in [2.05, 4.69) is 5.10 Å². The standard InChI is InChI=1S/C18H19Cl2N3O3/c1-11(2)18(17(25)26)5-6-22(10-18)16(24)12-8-21-23(9-12)15-4-3-13(19)7-14(15)20/h3-4,7-9,11H,5-6,10H2,1-2H3,(H,25,26). The van der Waals surface area contributed by atoms with Gasteiger partial charge >= 0.3 is 5.97 Å². The van der Waals surface area contributed by atoms with Crippen LogP contribution in [-0.4, -0.2) is 44.8 Å². The van der Waals surface area contributed by atoms with E-state index in [1.165, 1.54) is 10.9 Å². The van der Waals surface area contributed by atoms with E-state index in [9.17, 15) is 14.7 Å². The van der Waals surface area contributed by atoms with Gasteiger partial charge in [0.15, 0.2) is 0 Å². The van der Waals surface area contributed by atoms with E-state index in [4.69, 9.17) is 23.2 Å². The second-order valence-corrected chi connectivity index (χ2v) is 7.71. The minimum atomic E-state index is -0.898. The molecule has 138 valence electrons. The molecule has 1 aliphatic heterocycles. The van der Waals surface area contributed by atoms with Gasteiger partial charge in [0.05, 0.1) is 27.9 Å². The number of aliphatic carboxylic acids is 1. The molecule has 1 aromatic carbocycles. The Morgan fingerprint density at radius 3 is 2.62 bits per heavy atom. The molecule has 0 bridgehead atoms. The van der Waals surface area contributed by atoms with Crippen molar-refractivity contribution in [2.75, 3.05) is 13.1 Å². The molecule has 1 aliphatic rings. The number of likely N-dealkylation sites (tertiary alicyclic amines) is 1. The topological polar surface area (TPSA) is 75.4 Å². The zero-order chi connectivity index (χ0) is 19.1. The second kappa shape index (κ2) is 6.93. The molecule has 1 saturated heterocycles. The predicted molar refractivity (Wildman–Crippen MR) is 99.0 cm³/mol. The lowest BCUT2D eigenvalue weighted by molar-refractivity contribution is -0.150. The maximum atomic E-state index is 12.8. The molecule has 1 aromatic heterocycles. The summed E-state index contributed by atoms with van der Waals surface area (Å²) in [5.41, 5.74) is 0.102. The number of halogens is 2. The molecule has 0 radical (unpaired) electrons. The Kier molecular flexibility index (Phi) is 4.99. The van der Waals surface area contributed by atoms with Crippen LogP contribution in [0.4, 0.5) is 0 Å². The average Bonchev–Trinajstić information content (AvgIpc) is 3.22. The van der Waals surface area contributed by atoms with Crippen molar-refractivity contribution in [2.45, 2.75) is 20.3 Å². The highest BCUT2D eigenvalue weighted by atomic mass is 35.5. The molecule has 0 spiro atoms. The first kappa shape index (κ1) is 18.7. The summed E-state index contributed by atoms with van der Waals surface area (Å²) in [6.07, 6.45) is 3.50. The highest BCUT2D eigenvalue weighted by Crippen LogP contribution is 2.38. The number of amides is 1. The molecule has 0 saturated carbocycles. The van der Waals surface area contributed by atoms with Gasteiger partial charge in [-0.1, -0.05) is 37.0 Å². The number of hydrogen-bond donors (Lipinski definition) is 1. The number of aromatic nitrogens is 2. The van der Waals surface area contributed by atoms with E-state index in [1.54, 1.807) is 29.3 Å². The number of benzene rings is 1. The SMILES string of the molecule is CC(C)C1(C(=O)O)CCN(C(=O)c2cnn(-c3ccc(Cl)cc3Cl)c2)C1.